The number of pyridine rings is 1. The largest absolute Gasteiger partial charge is 0.506 e. The van der Waals surface area contributed by atoms with Crippen molar-refractivity contribution in [3.63, 3.8) is 0 Å². The number of aromatic hydroxyl groups is 2. The minimum atomic E-state index is -0.637. The number of hydrogen-bond donors (Lipinski definition) is 2. The Bertz CT molecular complexity index is 1250. The van der Waals surface area contributed by atoms with Gasteiger partial charge in [0.05, 0.1) is 18.2 Å². The Morgan fingerprint density at radius 1 is 1.00 bits per heavy atom. The van der Waals surface area contributed by atoms with Crippen LogP contribution in [-0.2, 0) is 6.54 Å². The van der Waals surface area contributed by atoms with Crippen molar-refractivity contribution in [2.45, 2.75) is 13.5 Å². The van der Waals surface area contributed by atoms with E-state index in [0.717, 1.165) is 4.57 Å². The van der Waals surface area contributed by atoms with Crippen molar-refractivity contribution in [3.8, 4) is 23.8 Å². The summed E-state index contributed by atoms with van der Waals surface area (Å²) in [7, 11) is 0. The van der Waals surface area contributed by atoms with Gasteiger partial charge in [-0.2, -0.15) is 10.5 Å². The van der Waals surface area contributed by atoms with Crippen LogP contribution >= 0.6 is 0 Å². The van der Waals surface area contributed by atoms with Crippen LogP contribution in [0.2, 0.25) is 0 Å². The molecule has 3 aromatic rings. The second-order valence-electron chi connectivity index (χ2n) is 6.17. The Morgan fingerprint density at radius 3 is 2.31 bits per heavy atom. The molecule has 1 heterocycles. The third-order valence-electron chi connectivity index (χ3n) is 4.33. The first kappa shape index (κ1) is 19.3. The highest BCUT2D eigenvalue weighted by atomic mass is 16.3. The summed E-state index contributed by atoms with van der Waals surface area (Å²) in [6, 6.07) is 16.6. The highest BCUT2D eigenvalue weighted by molar-refractivity contribution is 5.57. The molecule has 2 aromatic carbocycles. The van der Waals surface area contributed by atoms with Crippen molar-refractivity contribution in [2.24, 2.45) is 10.2 Å². The number of azo groups is 1. The van der Waals surface area contributed by atoms with Crippen LogP contribution in [-0.4, -0.2) is 14.8 Å². The molecule has 3 rings (SSSR count). The van der Waals surface area contributed by atoms with E-state index in [0.29, 0.717) is 11.1 Å². The zero-order valence-corrected chi connectivity index (χ0v) is 15.4. The smallest absolute Gasteiger partial charge is 0.281 e. The Labute approximate surface area is 165 Å². The molecule has 8 heteroatoms. The minimum absolute atomic E-state index is 0.0234. The van der Waals surface area contributed by atoms with Gasteiger partial charge in [-0.3, -0.25) is 9.36 Å². The van der Waals surface area contributed by atoms with E-state index in [1.807, 2.05) is 12.1 Å². The Morgan fingerprint density at radius 2 is 1.69 bits per heavy atom. The van der Waals surface area contributed by atoms with Crippen LogP contribution in [0.1, 0.15) is 22.3 Å². The number of aromatic nitrogens is 1. The van der Waals surface area contributed by atoms with Gasteiger partial charge in [0, 0.05) is 5.56 Å². The Balaban J connectivity index is 2.11. The lowest BCUT2D eigenvalue weighted by molar-refractivity contribution is 0.412. The van der Waals surface area contributed by atoms with Crippen LogP contribution in [0.3, 0.4) is 0 Å². The minimum Gasteiger partial charge on any atom is -0.506 e. The molecular weight excluding hydrogens is 370 g/mol. The van der Waals surface area contributed by atoms with Gasteiger partial charge in [0.2, 0.25) is 5.88 Å². The number of phenolic OH excluding ortho intramolecular Hbond substituents is 1. The molecule has 8 nitrogen and oxygen atoms in total. The van der Waals surface area contributed by atoms with E-state index in [4.69, 9.17) is 5.26 Å². The van der Waals surface area contributed by atoms with Gasteiger partial charge in [0.15, 0.2) is 5.69 Å². The first-order valence-corrected chi connectivity index (χ1v) is 8.51. The molecule has 0 aliphatic heterocycles. The molecule has 0 radical (unpaired) electrons. The first-order chi connectivity index (χ1) is 14.0. The van der Waals surface area contributed by atoms with Crippen LogP contribution in [0.25, 0.3) is 0 Å². The van der Waals surface area contributed by atoms with E-state index < -0.39 is 11.4 Å². The van der Waals surface area contributed by atoms with Crippen LogP contribution < -0.4 is 5.56 Å². The van der Waals surface area contributed by atoms with Gasteiger partial charge in [-0.1, -0.05) is 24.3 Å². The molecule has 29 heavy (non-hydrogen) atoms. The molecule has 0 fully saturated rings. The standard InChI is InChI=1S/C21H15N5O3/c1-13-16(11-23)20(28)26(12-15-8-6-14(10-22)7-9-15)21(29)19(13)25-24-17-4-2-3-5-18(17)27/h2-9,27-28H,12H2,1H3. The van der Waals surface area contributed by atoms with Gasteiger partial charge in [-0.25, -0.2) is 0 Å². The van der Waals surface area contributed by atoms with E-state index >= 15 is 0 Å². The van der Waals surface area contributed by atoms with Crippen molar-refractivity contribution in [3.05, 3.63) is 81.1 Å². The topological polar surface area (TPSA) is 135 Å². The SMILES string of the molecule is Cc1c(C#N)c(O)n(Cc2ccc(C#N)cc2)c(=O)c1N=Nc1ccccc1O. The monoisotopic (exact) mass is 385 g/mol. The quantitative estimate of drug-likeness (QED) is 0.659. The normalized spacial score (nSPS) is 10.6. The van der Waals surface area contributed by atoms with Crippen molar-refractivity contribution in [1.29, 1.82) is 10.5 Å². The van der Waals surface area contributed by atoms with E-state index in [1.165, 1.54) is 19.1 Å². The highest BCUT2D eigenvalue weighted by Gasteiger charge is 2.19. The van der Waals surface area contributed by atoms with Crippen molar-refractivity contribution in [2.75, 3.05) is 0 Å². The molecule has 2 N–H and O–H groups in total. The van der Waals surface area contributed by atoms with Crippen molar-refractivity contribution < 1.29 is 10.2 Å². The second kappa shape index (κ2) is 8.07. The molecule has 0 atom stereocenters. The number of hydrogen-bond acceptors (Lipinski definition) is 7. The molecule has 142 valence electrons. The fourth-order valence-corrected chi connectivity index (χ4v) is 2.72. The molecule has 0 spiro atoms. The van der Waals surface area contributed by atoms with Gasteiger partial charge < -0.3 is 10.2 Å². The summed E-state index contributed by atoms with van der Waals surface area (Å²) in [6.45, 7) is 1.47. The van der Waals surface area contributed by atoms with E-state index in [9.17, 15) is 20.3 Å². The van der Waals surface area contributed by atoms with E-state index in [1.54, 1.807) is 36.4 Å². The zero-order valence-electron chi connectivity index (χ0n) is 15.4. The lowest BCUT2D eigenvalue weighted by Crippen LogP contribution is -2.22. The summed E-state index contributed by atoms with van der Waals surface area (Å²) in [5.41, 5.74) is 0.617. The van der Waals surface area contributed by atoms with Crippen LogP contribution in [0.4, 0.5) is 11.4 Å². The number of nitriles is 2. The molecule has 0 aliphatic rings. The molecule has 0 bridgehead atoms. The predicted octanol–water partition coefficient (Wildman–Crippen LogP) is 3.77. The average Bonchev–Trinajstić information content (AvgIpc) is 2.73. The predicted molar refractivity (Wildman–Crippen MR) is 104 cm³/mol. The lowest BCUT2D eigenvalue weighted by atomic mass is 10.1. The summed E-state index contributed by atoms with van der Waals surface area (Å²) in [4.78, 5) is 12.9. The van der Waals surface area contributed by atoms with Gasteiger partial charge in [0.25, 0.3) is 5.56 Å². The summed E-state index contributed by atoms with van der Waals surface area (Å²) < 4.78 is 1.02. The maximum atomic E-state index is 12.9. The summed E-state index contributed by atoms with van der Waals surface area (Å²) >= 11 is 0. The van der Waals surface area contributed by atoms with Crippen molar-refractivity contribution >= 4 is 11.4 Å². The molecule has 0 saturated carbocycles. The Hall–Kier alpha value is -4.43. The van der Waals surface area contributed by atoms with Crippen LogP contribution in [0.5, 0.6) is 11.6 Å². The lowest BCUT2D eigenvalue weighted by Gasteiger charge is -2.13. The number of rotatable bonds is 4. The fraction of sp³-hybridized carbons (Fsp3) is 0.0952. The number of benzene rings is 2. The second-order valence-corrected chi connectivity index (χ2v) is 6.17. The van der Waals surface area contributed by atoms with E-state index in [2.05, 4.69) is 10.2 Å². The number of phenols is 1. The molecule has 0 aliphatic carbocycles. The number of nitrogens with zero attached hydrogens (tertiary/aromatic N) is 5. The van der Waals surface area contributed by atoms with Gasteiger partial charge in [0.1, 0.15) is 23.1 Å². The van der Waals surface area contributed by atoms with Gasteiger partial charge in [-0.15, -0.1) is 10.2 Å². The van der Waals surface area contributed by atoms with Crippen molar-refractivity contribution in [1.82, 2.24) is 4.57 Å². The van der Waals surface area contributed by atoms with Crippen LogP contribution in [0.15, 0.2) is 63.6 Å². The maximum Gasteiger partial charge on any atom is 0.281 e. The molecule has 0 saturated heterocycles. The third-order valence-corrected chi connectivity index (χ3v) is 4.33. The van der Waals surface area contributed by atoms with E-state index in [-0.39, 0.29) is 34.8 Å². The summed E-state index contributed by atoms with van der Waals surface area (Å²) in [5, 5.41) is 46.4. The summed E-state index contributed by atoms with van der Waals surface area (Å²) in [6.07, 6.45) is 0. The molecular formula is C21H15N5O3. The Kier molecular flexibility index (Phi) is 5.38. The number of para-hydroxylation sites is 1. The maximum absolute atomic E-state index is 12.9. The van der Waals surface area contributed by atoms with Gasteiger partial charge in [-0.05, 0) is 36.8 Å². The van der Waals surface area contributed by atoms with Gasteiger partial charge >= 0.3 is 0 Å². The van der Waals surface area contributed by atoms with Crippen LogP contribution in [0, 0.1) is 29.6 Å². The summed E-state index contributed by atoms with van der Waals surface area (Å²) in [5.74, 6) is -0.577. The third kappa shape index (κ3) is 3.82. The zero-order chi connectivity index (χ0) is 21.0. The molecule has 1 aromatic heterocycles. The average molecular weight is 385 g/mol. The molecule has 0 unspecified atom stereocenters. The fourth-order valence-electron chi connectivity index (χ4n) is 2.72. The molecule has 0 amide bonds. The highest BCUT2D eigenvalue weighted by Crippen LogP contribution is 2.30. The first-order valence-electron chi connectivity index (χ1n) is 8.51.